The van der Waals surface area contributed by atoms with Gasteiger partial charge in [0, 0.05) is 12.1 Å². The molecule has 2 aromatic rings. The Morgan fingerprint density at radius 2 is 1.47 bits per heavy atom. The largest absolute Gasteiger partial charge is 0.502 e. The number of phenolic OH excluding ortho intramolecular Hbond substituents is 2. The van der Waals surface area contributed by atoms with Gasteiger partial charge in [-0.2, -0.15) is 10.2 Å². The highest BCUT2D eigenvalue weighted by Gasteiger charge is 2.20. The molecule has 0 radical (unpaired) electrons. The van der Waals surface area contributed by atoms with E-state index >= 15 is 0 Å². The lowest BCUT2D eigenvalue weighted by molar-refractivity contribution is -0.386. The topological polar surface area (TPSA) is 108 Å². The summed E-state index contributed by atoms with van der Waals surface area (Å²) < 4.78 is 0. The van der Waals surface area contributed by atoms with E-state index in [-0.39, 0.29) is 5.69 Å². The second-order valence-corrected chi connectivity index (χ2v) is 3.63. The van der Waals surface area contributed by atoms with Crippen molar-refractivity contribution in [1.82, 2.24) is 0 Å². The van der Waals surface area contributed by atoms with E-state index in [1.54, 1.807) is 24.3 Å². The molecule has 2 aromatic carbocycles. The van der Waals surface area contributed by atoms with Crippen LogP contribution in [0.4, 0.5) is 17.1 Å². The molecule has 0 saturated carbocycles. The summed E-state index contributed by atoms with van der Waals surface area (Å²) in [5.41, 5.74) is -0.0528. The lowest BCUT2D eigenvalue weighted by Gasteiger charge is -2.00. The first kappa shape index (κ1) is 12.5. The molecular formula is C12H9N3O4. The normalized spacial score (nSPS) is 10.7. The highest BCUT2D eigenvalue weighted by Crippen LogP contribution is 2.39. The number of nitrogens with zero attached hydrogens (tertiary/aromatic N) is 3. The van der Waals surface area contributed by atoms with Gasteiger partial charge in [0.25, 0.3) is 0 Å². The number of phenols is 2. The molecule has 7 heteroatoms. The van der Waals surface area contributed by atoms with Gasteiger partial charge in [-0.25, -0.2) is 0 Å². The summed E-state index contributed by atoms with van der Waals surface area (Å²) in [5, 5.41) is 37.1. The minimum absolute atomic E-state index is 0.115. The summed E-state index contributed by atoms with van der Waals surface area (Å²) in [6.07, 6.45) is 0. The summed E-state index contributed by atoms with van der Waals surface area (Å²) in [5.74, 6) is -1.32. The molecule has 2 N–H and O–H groups in total. The van der Waals surface area contributed by atoms with Crippen LogP contribution in [0.15, 0.2) is 52.7 Å². The van der Waals surface area contributed by atoms with Gasteiger partial charge in [-0.15, -0.1) is 0 Å². The molecule has 0 saturated heterocycles. The van der Waals surface area contributed by atoms with Crippen LogP contribution in [0.25, 0.3) is 0 Å². The Balaban J connectivity index is 2.33. The maximum atomic E-state index is 10.6. The Bertz CT molecular complexity index is 618. The first-order chi connectivity index (χ1) is 9.08. The first-order valence-electron chi connectivity index (χ1n) is 5.25. The minimum atomic E-state index is -0.872. The molecule has 0 atom stereocenters. The van der Waals surface area contributed by atoms with Gasteiger partial charge in [0.15, 0.2) is 0 Å². The van der Waals surface area contributed by atoms with Crippen molar-refractivity contribution in [2.75, 3.05) is 0 Å². The summed E-state index contributed by atoms with van der Waals surface area (Å²) in [7, 11) is 0. The van der Waals surface area contributed by atoms with Crippen LogP contribution in [0.5, 0.6) is 11.5 Å². The summed E-state index contributed by atoms with van der Waals surface area (Å²) in [6.45, 7) is 0. The van der Waals surface area contributed by atoms with Crippen molar-refractivity contribution in [3.63, 3.8) is 0 Å². The standard InChI is InChI=1S/C12H9N3O4/c16-10-6-9(7-11(17)12(10)15(18)19)14-13-8-4-2-1-3-5-8/h1-7,16-17H. The zero-order chi connectivity index (χ0) is 13.8. The first-order valence-corrected chi connectivity index (χ1v) is 5.25. The molecule has 2 rings (SSSR count). The third kappa shape index (κ3) is 2.83. The Hall–Kier alpha value is -2.96. The molecule has 0 fully saturated rings. The maximum Gasteiger partial charge on any atom is 0.352 e. The third-order valence-corrected chi connectivity index (χ3v) is 2.27. The molecule has 0 aliphatic carbocycles. The van der Waals surface area contributed by atoms with Gasteiger partial charge >= 0.3 is 5.69 Å². The zero-order valence-corrected chi connectivity index (χ0v) is 9.59. The molecule has 7 nitrogen and oxygen atoms in total. The average molecular weight is 259 g/mol. The highest BCUT2D eigenvalue weighted by molar-refractivity contribution is 5.63. The number of nitro groups is 1. The number of hydrogen-bond donors (Lipinski definition) is 2. The van der Waals surface area contributed by atoms with Crippen molar-refractivity contribution < 1.29 is 15.1 Å². The fourth-order valence-electron chi connectivity index (χ4n) is 1.44. The van der Waals surface area contributed by atoms with Crippen molar-refractivity contribution in [3.05, 3.63) is 52.6 Å². The monoisotopic (exact) mass is 259 g/mol. The number of hydrogen-bond acceptors (Lipinski definition) is 6. The van der Waals surface area contributed by atoms with Crippen LogP contribution in [-0.2, 0) is 0 Å². The third-order valence-electron chi connectivity index (χ3n) is 2.27. The van der Waals surface area contributed by atoms with E-state index < -0.39 is 22.1 Å². The quantitative estimate of drug-likeness (QED) is 0.500. The number of aromatic hydroxyl groups is 2. The number of benzene rings is 2. The van der Waals surface area contributed by atoms with Gasteiger partial charge in [0.1, 0.15) is 0 Å². The van der Waals surface area contributed by atoms with Crippen molar-refractivity contribution in [2.24, 2.45) is 10.2 Å². The lowest BCUT2D eigenvalue weighted by Crippen LogP contribution is -1.88. The van der Waals surface area contributed by atoms with Crippen LogP contribution in [-0.4, -0.2) is 15.1 Å². The van der Waals surface area contributed by atoms with E-state index in [2.05, 4.69) is 10.2 Å². The molecular weight excluding hydrogens is 250 g/mol. The summed E-state index contributed by atoms with van der Waals surface area (Å²) in [4.78, 5) is 9.69. The molecule has 96 valence electrons. The highest BCUT2D eigenvalue weighted by atomic mass is 16.6. The van der Waals surface area contributed by atoms with E-state index in [9.17, 15) is 20.3 Å². The van der Waals surface area contributed by atoms with Crippen LogP contribution < -0.4 is 0 Å². The number of azo groups is 1. The van der Waals surface area contributed by atoms with Crippen molar-refractivity contribution in [3.8, 4) is 11.5 Å². The van der Waals surface area contributed by atoms with Crippen LogP contribution in [0, 0.1) is 10.1 Å². The van der Waals surface area contributed by atoms with Crippen LogP contribution >= 0.6 is 0 Å². The zero-order valence-electron chi connectivity index (χ0n) is 9.59. The molecule has 0 amide bonds. The molecule has 0 spiro atoms. The number of nitro benzene ring substituents is 1. The molecule has 0 unspecified atom stereocenters. The van der Waals surface area contributed by atoms with Gasteiger partial charge in [0.2, 0.25) is 11.5 Å². The fraction of sp³-hybridized carbons (Fsp3) is 0. The Morgan fingerprint density at radius 1 is 0.947 bits per heavy atom. The van der Waals surface area contributed by atoms with E-state index in [1.807, 2.05) is 6.07 Å². The summed E-state index contributed by atoms with van der Waals surface area (Å²) >= 11 is 0. The molecule has 19 heavy (non-hydrogen) atoms. The average Bonchev–Trinajstić information content (AvgIpc) is 2.36. The fourth-order valence-corrected chi connectivity index (χ4v) is 1.44. The molecule has 0 aliphatic heterocycles. The van der Waals surface area contributed by atoms with E-state index in [0.29, 0.717) is 5.69 Å². The molecule has 0 aliphatic rings. The lowest BCUT2D eigenvalue weighted by atomic mass is 10.2. The van der Waals surface area contributed by atoms with Gasteiger partial charge in [-0.1, -0.05) is 18.2 Å². The van der Waals surface area contributed by atoms with Gasteiger partial charge in [-0.3, -0.25) is 10.1 Å². The minimum Gasteiger partial charge on any atom is -0.502 e. The maximum absolute atomic E-state index is 10.6. The van der Waals surface area contributed by atoms with E-state index in [0.717, 1.165) is 12.1 Å². The van der Waals surface area contributed by atoms with Crippen LogP contribution in [0.3, 0.4) is 0 Å². The van der Waals surface area contributed by atoms with Gasteiger partial charge in [0.05, 0.1) is 16.3 Å². The van der Waals surface area contributed by atoms with Crippen molar-refractivity contribution in [1.29, 1.82) is 0 Å². The van der Waals surface area contributed by atoms with Crippen LogP contribution in [0.1, 0.15) is 0 Å². The SMILES string of the molecule is O=[N+]([O-])c1c(O)cc(N=Nc2ccccc2)cc1O. The number of rotatable bonds is 3. The van der Waals surface area contributed by atoms with E-state index in [4.69, 9.17) is 0 Å². The summed E-state index contributed by atoms with van der Waals surface area (Å²) in [6, 6.07) is 10.9. The van der Waals surface area contributed by atoms with Crippen molar-refractivity contribution in [2.45, 2.75) is 0 Å². The van der Waals surface area contributed by atoms with Gasteiger partial charge in [-0.05, 0) is 12.1 Å². The predicted molar refractivity (Wildman–Crippen MR) is 67.0 cm³/mol. The molecule has 0 heterocycles. The van der Waals surface area contributed by atoms with Crippen LogP contribution in [0.2, 0.25) is 0 Å². The Labute approximate surface area is 107 Å². The second kappa shape index (κ2) is 5.13. The Morgan fingerprint density at radius 3 is 2.00 bits per heavy atom. The Kier molecular flexibility index (Phi) is 3.37. The van der Waals surface area contributed by atoms with Gasteiger partial charge < -0.3 is 10.2 Å². The predicted octanol–water partition coefficient (Wildman–Crippen LogP) is 3.42. The smallest absolute Gasteiger partial charge is 0.352 e. The molecule has 0 aromatic heterocycles. The molecule has 0 bridgehead atoms. The van der Waals surface area contributed by atoms with E-state index in [1.165, 1.54) is 0 Å². The van der Waals surface area contributed by atoms with Crippen molar-refractivity contribution >= 4 is 17.1 Å². The second-order valence-electron chi connectivity index (χ2n) is 3.63.